The Morgan fingerprint density at radius 3 is 2.81 bits per heavy atom. The summed E-state index contributed by atoms with van der Waals surface area (Å²) in [6.45, 7) is 7.08. The van der Waals surface area contributed by atoms with Crippen LogP contribution in [-0.2, 0) is 6.42 Å². The van der Waals surface area contributed by atoms with Crippen molar-refractivity contribution in [2.75, 3.05) is 44.6 Å². The fourth-order valence-corrected chi connectivity index (χ4v) is 5.45. The number of nitrogens with one attached hydrogen (secondary N) is 2. The van der Waals surface area contributed by atoms with Crippen molar-refractivity contribution in [2.24, 2.45) is 0 Å². The Kier molecular flexibility index (Phi) is 5.90. The third-order valence-electron chi connectivity index (χ3n) is 6.74. The lowest BCUT2D eigenvalue weighted by Gasteiger charge is -2.34. The minimum absolute atomic E-state index is 0.0148. The molecule has 0 aliphatic carbocycles. The Balaban J connectivity index is 1.15. The Labute approximate surface area is 212 Å². The van der Waals surface area contributed by atoms with Crippen LogP contribution >= 0.6 is 11.3 Å². The normalized spacial score (nSPS) is 15.6. The number of nitrogens with zero attached hydrogens (tertiary/aromatic N) is 4. The number of aromatic nitrogens is 3. The van der Waals surface area contributed by atoms with Gasteiger partial charge in [-0.25, -0.2) is 9.97 Å². The van der Waals surface area contributed by atoms with Crippen LogP contribution in [-0.4, -0.2) is 75.9 Å². The van der Waals surface area contributed by atoms with Gasteiger partial charge in [-0.15, -0.1) is 11.3 Å². The number of hydrogen-bond donors (Lipinski definition) is 2. The van der Waals surface area contributed by atoms with Gasteiger partial charge in [0.2, 0.25) is 5.95 Å². The molecule has 6 rings (SSSR count). The minimum Gasteiger partial charge on any atom is -0.493 e. The van der Waals surface area contributed by atoms with Gasteiger partial charge in [0.25, 0.3) is 11.8 Å². The van der Waals surface area contributed by atoms with Gasteiger partial charge < -0.3 is 19.5 Å². The summed E-state index contributed by atoms with van der Waals surface area (Å²) >= 11 is 1.42. The van der Waals surface area contributed by atoms with Crippen molar-refractivity contribution >= 4 is 40.1 Å². The van der Waals surface area contributed by atoms with Crippen LogP contribution in [0.4, 0.5) is 5.95 Å². The van der Waals surface area contributed by atoms with Crippen molar-refractivity contribution in [2.45, 2.75) is 13.3 Å². The average Bonchev–Trinajstić information content (AvgIpc) is 3.66. The second-order valence-corrected chi connectivity index (χ2v) is 9.81. The number of ether oxygens (including phenoxy) is 1. The quantitative estimate of drug-likeness (QED) is 0.432. The van der Waals surface area contributed by atoms with Gasteiger partial charge in [0, 0.05) is 49.1 Å². The smallest absolute Gasteiger partial charge is 0.277 e. The molecule has 4 aromatic rings. The fourth-order valence-electron chi connectivity index (χ4n) is 4.65. The number of anilines is 1. The van der Waals surface area contributed by atoms with Gasteiger partial charge in [-0.05, 0) is 48.5 Å². The van der Waals surface area contributed by atoms with Gasteiger partial charge in [-0.2, -0.15) is 0 Å². The standard InChI is InChI=1S/C26H26N6O3S/c1-2-31-8-10-32(11-9-31)25(34)18-3-5-19-20(14-18)29-26(28-19)30-23(33)21-15-36-24(27-21)17-4-6-22-16(13-17)7-12-35-22/h3-6,13-15H,2,7-12H2,1H3,(H2,28,29,30,33). The van der Waals surface area contributed by atoms with Crippen molar-refractivity contribution in [1.82, 2.24) is 24.8 Å². The second-order valence-electron chi connectivity index (χ2n) is 8.96. The monoisotopic (exact) mass is 502 g/mol. The number of piperazine rings is 1. The van der Waals surface area contributed by atoms with E-state index in [1.54, 1.807) is 23.6 Å². The van der Waals surface area contributed by atoms with E-state index in [0.717, 1.165) is 61.0 Å². The van der Waals surface area contributed by atoms with Gasteiger partial charge in [-0.1, -0.05) is 6.92 Å². The van der Waals surface area contributed by atoms with Crippen LogP contribution in [0.15, 0.2) is 41.8 Å². The maximum Gasteiger partial charge on any atom is 0.277 e. The molecule has 0 unspecified atom stereocenters. The van der Waals surface area contributed by atoms with Crippen molar-refractivity contribution in [3.63, 3.8) is 0 Å². The van der Waals surface area contributed by atoms with Crippen molar-refractivity contribution in [1.29, 1.82) is 0 Å². The van der Waals surface area contributed by atoms with Crippen molar-refractivity contribution in [3.8, 4) is 16.3 Å². The number of fused-ring (bicyclic) bond motifs is 2. The molecule has 2 aliphatic rings. The molecular weight excluding hydrogens is 476 g/mol. The van der Waals surface area contributed by atoms with E-state index in [1.165, 1.54) is 11.3 Å². The Morgan fingerprint density at radius 2 is 1.97 bits per heavy atom. The van der Waals surface area contributed by atoms with Crippen LogP contribution < -0.4 is 10.1 Å². The molecule has 2 aliphatic heterocycles. The topological polar surface area (TPSA) is 103 Å². The van der Waals surface area contributed by atoms with E-state index in [0.29, 0.717) is 34.8 Å². The molecule has 1 saturated heterocycles. The second kappa shape index (κ2) is 9.36. The molecule has 10 heteroatoms. The third-order valence-corrected chi connectivity index (χ3v) is 7.63. The molecule has 184 valence electrons. The molecule has 0 atom stereocenters. The van der Waals surface area contributed by atoms with Crippen LogP contribution in [0.5, 0.6) is 5.75 Å². The Morgan fingerprint density at radius 1 is 1.11 bits per heavy atom. The number of amides is 2. The maximum atomic E-state index is 13.0. The average molecular weight is 503 g/mol. The first-order valence-corrected chi connectivity index (χ1v) is 13.0. The summed E-state index contributed by atoms with van der Waals surface area (Å²) in [5.41, 5.74) is 4.45. The summed E-state index contributed by atoms with van der Waals surface area (Å²) < 4.78 is 5.57. The zero-order valence-corrected chi connectivity index (χ0v) is 20.7. The highest BCUT2D eigenvalue weighted by atomic mass is 32.1. The molecule has 2 N–H and O–H groups in total. The van der Waals surface area contributed by atoms with E-state index in [-0.39, 0.29) is 11.8 Å². The summed E-state index contributed by atoms with van der Waals surface area (Å²) in [6, 6.07) is 11.4. The molecule has 2 amide bonds. The summed E-state index contributed by atoms with van der Waals surface area (Å²) in [4.78, 5) is 42.2. The number of carbonyl (C=O) groups excluding carboxylic acids is 2. The van der Waals surface area contributed by atoms with Crippen molar-refractivity contribution < 1.29 is 14.3 Å². The molecule has 9 nitrogen and oxygen atoms in total. The number of likely N-dealkylation sites (N-methyl/N-ethyl adjacent to an activating group) is 1. The number of rotatable bonds is 5. The predicted octanol–water partition coefficient (Wildman–Crippen LogP) is 3.65. The van der Waals surface area contributed by atoms with Gasteiger partial charge in [0.15, 0.2) is 0 Å². The summed E-state index contributed by atoms with van der Waals surface area (Å²) in [5.74, 6) is 0.912. The Bertz CT molecular complexity index is 1450. The number of benzene rings is 2. The lowest BCUT2D eigenvalue weighted by atomic mass is 10.1. The highest BCUT2D eigenvalue weighted by molar-refractivity contribution is 7.13. The van der Waals surface area contributed by atoms with Gasteiger partial charge in [0.05, 0.1) is 17.6 Å². The maximum absolute atomic E-state index is 13.0. The summed E-state index contributed by atoms with van der Waals surface area (Å²) in [6.07, 6.45) is 0.886. The van der Waals surface area contributed by atoms with Gasteiger partial charge in [0.1, 0.15) is 16.5 Å². The van der Waals surface area contributed by atoms with Crippen LogP contribution in [0.3, 0.4) is 0 Å². The van der Waals surface area contributed by atoms with E-state index in [2.05, 4.69) is 38.2 Å². The minimum atomic E-state index is -0.342. The third kappa shape index (κ3) is 4.33. The molecule has 1 fully saturated rings. The zero-order chi connectivity index (χ0) is 24.6. The SMILES string of the molecule is CCN1CCN(C(=O)c2ccc3nc(NC(=O)c4csc(-c5ccc6c(c5)CCO6)n4)[nH]c3c2)CC1. The molecule has 4 heterocycles. The van der Waals surface area contributed by atoms with E-state index in [1.807, 2.05) is 17.0 Å². The molecule has 0 bridgehead atoms. The van der Waals surface area contributed by atoms with E-state index < -0.39 is 0 Å². The van der Waals surface area contributed by atoms with E-state index in [4.69, 9.17) is 4.74 Å². The first-order valence-electron chi connectivity index (χ1n) is 12.1. The summed E-state index contributed by atoms with van der Waals surface area (Å²) in [7, 11) is 0. The zero-order valence-electron chi connectivity index (χ0n) is 19.9. The summed E-state index contributed by atoms with van der Waals surface area (Å²) in [5, 5.41) is 5.32. The number of H-pyrrole nitrogens is 1. The van der Waals surface area contributed by atoms with Crippen molar-refractivity contribution in [3.05, 3.63) is 58.6 Å². The molecular formula is C26H26N6O3S. The fraction of sp³-hybridized carbons (Fsp3) is 0.308. The number of hydrogen-bond acceptors (Lipinski definition) is 7. The highest BCUT2D eigenvalue weighted by Crippen LogP contribution is 2.32. The number of thiazole rings is 1. The first-order chi connectivity index (χ1) is 17.6. The molecule has 36 heavy (non-hydrogen) atoms. The van der Waals surface area contributed by atoms with Gasteiger partial charge >= 0.3 is 0 Å². The number of carbonyl (C=O) groups is 2. The lowest BCUT2D eigenvalue weighted by Crippen LogP contribution is -2.48. The first kappa shape index (κ1) is 22.7. The molecule has 0 saturated carbocycles. The van der Waals surface area contributed by atoms with Gasteiger partial charge in [-0.3, -0.25) is 14.9 Å². The highest BCUT2D eigenvalue weighted by Gasteiger charge is 2.22. The predicted molar refractivity (Wildman–Crippen MR) is 139 cm³/mol. The van der Waals surface area contributed by atoms with Crippen LogP contribution in [0.1, 0.15) is 33.3 Å². The lowest BCUT2D eigenvalue weighted by molar-refractivity contribution is 0.0643. The van der Waals surface area contributed by atoms with E-state index >= 15 is 0 Å². The Hall–Kier alpha value is -3.76. The molecule has 2 aromatic heterocycles. The number of aromatic amines is 1. The number of imidazole rings is 1. The van der Waals surface area contributed by atoms with Crippen LogP contribution in [0, 0.1) is 0 Å². The van der Waals surface area contributed by atoms with Crippen LogP contribution in [0.2, 0.25) is 0 Å². The molecule has 0 spiro atoms. The molecule has 0 radical (unpaired) electrons. The van der Waals surface area contributed by atoms with Crippen LogP contribution in [0.25, 0.3) is 21.6 Å². The van der Waals surface area contributed by atoms with E-state index in [9.17, 15) is 9.59 Å². The molecule has 2 aromatic carbocycles. The largest absolute Gasteiger partial charge is 0.493 e.